The van der Waals surface area contributed by atoms with Gasteiger partial charge in [0.2, 0.25) is 0 Å². The van der Waals surface area contributed by atoms with Crippen LogP contribution in [0.2, 0.25) is 0 Å². The molecule has 0 aromatic heterocycles. The fourth-order valence-corrected chi connectivity index (χ4v) is 2.29. The van der Waals surface area contributed by atoms with Gasteiger partial charge in [-0.15, -0.1) is 0 Å². The van der Waals surface area contributed by atoms with Gasteiger partial charge in [0.1, 0.15) is 5.75 Å². The SMILES string of the molecule is CCCC(C)C(C)C(C)c1ccc(O)cc1. The zero-order valence-electron chi connectivity index (χ0n) is 10.9. The van der Waals surface area contributed by atoms with E-state index in [1.165, 1.54) is 18.4 Å². The van der Waals surface area contributed by atoms with Crippen LogP contribution >= 0.6 is 0 Å². The fraction of sp³-hybridized carbons (Fsp3) is 0.600. The second-order valence-electron chi connectivity index (χ2n) is 5.01. The molecule has 1 N–H and O–H groups in total. The van der Waals surface area contributed by atoms with Crippen LogP contribution in [0.5, 0.6) is 5.75 Å². The fourth-order valence-electron chi connectivity index (χ4n) is 2.29. The van der Waals surface area contributed by atoms with E-state index >= 15 is 0 Å². The first kappa shape index (κ1) is 13.1. The van der Waals surface area contributed by atoms with E-state index in [9.17, 15) is 5.11 Å². The Kier molecular flexibility index (Phi) is 4.85. The van der Waals surface area contributed by atoms with Gasteiger partial charge in [0.05, 0.1) is 0 Å². The minimum Gasteiger partial charge on any atom is -0.508 e. The summed E-state index contributed by atoms with van der Waals surface area (Å²) in [6, 6.07) is 7.64. The smallest absolute Gasteiger partial charge is 0.115 e. The third kappa shape index (κ3) is 3.26. The summed E-state index contributed by atoms with van der Waals surface area (Å²) in [5, 5.41) is 9.27. The van der Waals surface area contributed by atoms with Crippen LogP contribution in [0, 0.1) is 11.8 Å². The van der Waals surface area contributed by atoms with Crippen molar-refractivity contribution in [3.05, 3.63) is 29.8 Å². The van der Waals surface area contributed by atoms with Gasteiger partial charge < -0.3 is 5.11 Å². The van der Waals surface area contributed by atoms with Gasteiger partial charge in [-0.1, -0.05) is 52.7 Å². The van der Waals surface area contributed by atoms with Gasteiger partial charge in [0.25, 0.3) is 0 Å². The number of rotatable bonds is 5. The van der Waals surface area contributed by atoms with Crippen LogP contribution in [0.4, 0.5) is 0 Å². The van der Waals surface area contributed by atoms with Gasteiger partial charge in [-0.25, -0.2) is 0 Å². The van der Waals surface area contributed by atoms with E-state index in [2.05, 4.69) is 27.7 Å². The molecule has 1 aromatic carbocycles. The number of hydrogen-bond donors (Lipinski definition) is 1. The normalized spacial score (nSPS) is 16.8. The summed E-state index contributed by atoms with van der Waals surface area (Å²) in [6.07, 6.45) is 2.55. The molecule has 0 spiro atoms. The molecule has 0 amide bonds. The van der Waals surface area contributed by atoms with Crippen LogP contribution in [0.3, 0.4) is 0 Å². The van der Waals surface area contributed by atoms with Crippen LogP contribution < -0.4 is 0 Å². The van der Waals surface area contributed by atoms with E-state index in [0.29, 0.717) is 17.6 Å². The molecule has 0 radical (unpaired) electrons. The Morgan fingerprint density at radius 2 is 1.62 bits per heavy atom. The lowest BCUT2D eigenvalue weighted by molar-refractivity contribution is 0.318. The Balaban J connectivity index is 2.69. The second kappa shape index (κ2) is 5.93. The van der Waals surface area contributed by atoms with Crippen molar-refractivity contribution in [3.8, 4) is 5.75 Å². The molecule has 0 fully saturated rings. The highest BCUT2D eigenvalue weighted by Gasteiger charge is 2.19. The van der Waals surface area contributed by atoms with Crippen molar-refractivity contribution in [1.82, 2.24) is 0 Å². The molecular weight excluding hydrogens is 196 g/mol. The van der Waals surface area contributed by atoms with Crippen LogP contribution in [0.15, 0.2) is 24.3 Å². The van der Waals surface area contributed by atoms with Crippen LogP contribution in [0.25, 0.3) is 0 Å². The van der Waals surface area contributed by atoms with E-state index in [1.807, 2.05) is 12.1 Å². The third-order valence-corrected chi connectivity index (χ3v) is 3.85. The predicted octanol–water partition coefficient (Wildman–Crippen LogP) is 4.57. The number of benzene rings is 1. The lowest BCUT2D eigenvalue weighted by Gasteiger charge is -2.26. The summed E-state index contributed by atoms with van der Waals surface area (Å²) in [4.78, 5) is 0. The minimum absolute atomic E-state index is 0.352. The third-order valence-electron chi connectivity index (χ3n) is 3.85. The van der Waals surface area contributed by atoms with Crippen molar-refractivity contribution < 1.29 is 5.11 Å². The molecule has 1 aromatic rings. The van der Waals surface area contributed by atoms with E-state index in [4.69, 9.17) is 0 Å². The summed E-state index contributed by atoms with van der Waals surface area (Å²) in [7, 11) is 0. The molecule has 0 saturated heterocycles. The van der Waals surface area contributed by atoms with Gasteiger partial charge in [0, 0.05) is 0 Å². The average molecular weight is 220 g/mol. The molecule has 0 saturated carbocycles. The van der Waals surface area contributed by atoms with E-state index in [-0.39, 0.29) is 0 Å². The monoisotopic (exact) mass is 220 g/mol. The molecule has 3 unspecified atom stereocenters. The van der Waals surface area contributed by atoms with Gasteiger partial charge in [0.15, 0.2) is 0 Å². The molecule has 0 aliphatic carbocycles. The Morgan fingerprint density at radius 1 is 1.06 bits per heavy atom. The van der Waals surface area contributed by atoms with Crippen molar-refractivity contribution in [2.24, 2.45) is 11.8 Å². The van der Waals surface area contributed by atoms with Gasteiger partial charge in [-0.2, -0.15) is 0 Å². The van der Waals surface area contributed by atoms with Crippen molar-refractivity contribution in [2.75, 3.05) is 0 Å². The van der Waals surface area contributed by atoms with E-state index in [1.54, 1.807) is 12.1 Å². The molecule has 0 heterocycles. The van der Waals surface area contributed by atoms with Crippen molar-refractivity contribution >= 4 is 0 Å². The summed E-state index contributed by atoms with van der Waals surface area (Å²) in [5.41, 5.74) is 1.33. The molecule has 90 valence electrons. The number of phenolic OH excluding ortho intramolecular Hbond substituents is 1. The van der Waals surface area contributed by atoms with Crippen LogP contribution in [-0.4, -0.2) is 5.11 Å². The van der Waals surface area contributed by atoms with E-state index < -0.39 is 0 Å². The number of aromatic hydroxyl groups is 1. The summed E-state index contributed by atoms with van der Waals surface area (Å²) in [5.74, 6) is 2.35. The maximum atomic E-state index is 9.27. The topological polar surface area (TPSA) is 20.2 Å². The Bertz CT molecular complexity index is 302. The molecule has 1 heteroatoms. The van der Waals surface area contributed by atoms with Crippen molar-refractivity contribution in [3.63, 3.8) is 0 Å². The molecule has 0 aliphatic heterocycles. The quantitative estimate of drug-likeness (QED) is 0.770. The van der Waals surface area contributed by atoms with Gasteiger partial charge in [-0.3, -0.25) is 0 Å². The molecule has 16 heavy (non-hydrogen) atoms. The number of phenols is 1. The Labute approximate surface area is 99.5 Å². The highest BCUT2D eigenvalue weighted by molar-refractivity contribution is 5.28. The Hall–Kier alpha value is -0.980. The van der Waals surface area contributed by atoms with Gasteiger partial charge in [-0.05, 0) is 35.4 Å². The maximum Gasteiger partial charge on any atom is 0.115 e. The first-order chi connectivity index (χ1) is 7.56. The zero-order chi connectivity index (χ0) is 12.1. The average Bonchev–Trinajstić information content (AvgIpc) is 2.28. The van der Waals surface area contributed by atoms with Crippen LogP contribution in [-0.2, 0) is 0 Å². The predicted molar refractivity (Wildman–Crippen MR) is 69.8 cm³/mol. The summed E-state index contributed by atoms with van der Waals surface area (Å²) < 4.78 is 0. The van der Waals surface area contributed by atoms with Crippen molar-refractivity contribution in [1.29, 1.82) is 0 Å². The second-order valence-corrected chi connectivity index (χ2v) is 5.01. The molecule has 0 aliphatic rings. The first-order valence-corrected chi connectivity index (χ1v) is 6.35. The van der Waals surface area contributed by atoms with Gasteiger partial charge >= 0.3 is 0 Å². The largest absolute Gasteiger partial charge is 0.508 e. The maximum absolute atomic E-state index is 9.27. The molecule has 1 nitrogen and oxygen atoms in total. The zero-order valence-corrected chi connectivity index (χ0v) is 10.9. The highest BCUT2D eigenvalue weighted by Crippen LogP contribution is 2.32. The van der Waals surface area contributed by atoms with Crippen LogP contribution in [0.1, 0.15) is 52.0 Å². The number of hydrogen-bond acceptors (Lipinski definition) is 1. The molecule has 3 atom stereocenters. The summed E-state index contributed by atoms with van der Waals surface area (Å²) in [6.45, 7) is 9.20. The first-order valence-electron chi connectivity index (χ1n) is 6.35. The standard InChI is InChI=1S/C15H24O/c1-5-6-11(2)12(3)13(4)14-7-9-15(16)10-8-14/h7-13,16H,5-6H2,1-4H3. The molecule has 1 rings (SSSR count). The summed E-state index contributed by atoms with van der Waals surface area (Å²) >= 11 is 0. The lowest BCUT2D eigenvalue weighted by Crippen LogP contribution is -2.15. The molecular formula is C15H24O. The van der Waals surface area contributed by atoms with Crippen molar-refractivity contribution in [2.45, 2.75) is 46.5 Å². The highest BCUT2D eigenvalue weighted by atomic mass is 16.3. The molecule has 0 bridgehead atoms. The van der Waals surface area contributed by atoms with E-state index in [0.717, 1.165) is 5.92 Å². The Morgan fingerprint density at radius 3 is 2.12 bits per heavy atom. The lowest BCUT2D eigenvalue weighted by atomic mass is 9.79. The minimum atomic E-state index is 0.352.